The summed E-state index contributed by atoms with van der Waals surface area (Å²) in [6.45, 7) is 6.03. The Morgan fingerprint density at radius 3 is 1.88 bits per heavy atom. The predicted molar refractivity (Wildman–Crippen MR) is 135 cm³/mol. The van der Waals surface area contributed by atoms with Crippen LogP contribution >= 0.6 is 0 Å². The van der Waals surface area contributed by atoms with Gasteiger partial charge in [-0.3, -0.25) is 14.5 Å². The SMILES string of the molecule is CCCCCCCCCCN1C(=O)C(c2ccccc2)=C(N(CC)Cc2ccccc2)C1=O. The first-order chi connectivity index (χ1) is 16.2. The largest absolute Gasteiger partial charge is 0.362 e. The summed E-state index contributed by atoms with van der Waals surface area (Å²) in [5, 5.41) is 0. The number of benzene rings is 2. The molecule has 0 bridgehead atoms. The van der Waals surface area contributed by atoms with Gasteiger partial charge in [0.05, 0.1) is 5.57 Å². The summed E-state index contributed by atoms with van der Waals surface area (Å²) in [5.41, 5.74) is 3.02. The third kappa shape index (κ3) is 6.56. The second-order valence-corrected chi connectivity index (χ2v) is 8.83. The van der Waals surface area contributed by atoms with Gasteiger partial charge in [0.1, 0.15) is 5.70 Å². The van der Waals surface area contributed by atoms with E-state index in [1.165, 1.54) is 43.4 Å². The highest BCUT2D eigenvalue weighted by molar-refractivity contribution is 6.35. The highest BCUT2D eigenvalue weighted by Gasteiger charge is 2.40. The molecule has 0 fully saturated rings. The Bertz CT molecular complexity index is 921. The molecule has 0 spiro atoms. The van der Waals surface area contributed by atoms with Crippen LogP contribution in [-0.2, 0) is 16.1 Å². The molecule has 2 amide bonds. The molecule has 2 aromatic rings. The Hall–Kier alpha value is -2.88. The molecule has 4 heteroatoms. The zero-order chi connectivity index (χ0) is 23.5. The molecule has 4 nitrogen and oxygen atoms in total. The number of carbonyl (C=O) groups excluding carboxylic acids is 2. The van der Waals surface area contributed by atoms with Crippen molar-refractivity contribution in [2.75, 3.05) is 13.1 Å². The van der Waals surface area contributed by atoms with E-state index in [-0.39, 0.29) is 11.8 Å². The summed E-state index contributed by atoms with van der Waals surface area (Å²) >= 11 is 0. The van der Waals surface area contributed by atoms with Crippen molar-refractivity contribution in [3.05, 3.63) is 77.5 Å². The van der Waals surface area contributed by atoms with Crippen molar-refractivity contribution in [2.24, 2.45) is 0 Å². The van der Waals surface area contributed by atoms with Gasteiger partial charge in [0.15, 0.2) is 0 Å². The minimum absolute atomic E-state index is 0.153. The van der Waals surface area contributed by atoms with Crippen molar-refractivity contribution in [1.82, 2.24) is 9.80 Å². The van der Waals surface area contributed by atoms with E-state index in [1.807, 2.05) is 60.4 Å². The molecule has 1 aliphatic heterocycles. The topological polar surface area (TPSA) is 40.6 Å². The fraction of sp³-hybridized carbons (Fsp3) is 0.448. The van der Waals surface area contributed by atoms with Gasteiger partial charge in [-0.25, -0.2) is 0 Å². The summed E-state index contributed by atoms with van der Waals surface area (Å²) in [6, 6.07) is 19.8. The maximum absolute atomic E-state index is 13.5. The highest BCUT2D eigenvalue weighted by Crippen LogP contribution is 2.32. The summed E-state index contributed by atoms with van der Waals surface area (Å²) in [6.07, 6.45) is 9.49. The molecule has 1 aliphatic rings. The average Bonchev–Trinajstić information content (AvgIpc) is 3.10. The number of carbonyl (C=O) groups is 2. The molecule has 176 valence electrons. The second-order valence-electron chi connectivity index (χ2n) is 8.83. The number of hydrogen-bond donors (Lipinski definition) is 0. The van der Waals surface area contributed by atoms with Gasteiger partial charge < -0.3 is 4.90 Å². The summed E-state index contributed by atoms with van der Waals surface area (Å²) in [4.78, 5) is 30.5. The predicted octanol–water partition coefficient (Wildman–Crippen LogP) is 6.43. The van der Waals surface area contributed by atoms with Crippen LogP contribution in [0.4, 0.5) is 0 Å². The van der Waals surface area contributed by atoms with Crippen LogP contribution < -0.4 is 0 Å². The number of amides is 2. The fourth-order valence-corrected chi connectivity index (χ4v) is 4.48. The molecule has 2 aromatic carbocycles. The van der Waals surface area contributed by atoms with Crippen LogP contribution in [-0.4, -0.2) is 34.7 Å². The van der Waals surface area contributed by atoms with E-state index < -0.39 is 0 Å². The van der Waals surface area contributed by atoms with E-state index in [2.05, 4.69) is 19.1 Å². The monoisotopic (exact) mass is 446 g/mol. The first-order valence-electron chi connectivity index (χ1n) is 12.6. The van der Waals surface area contributed by atoms with Crippen LogP contribution in [0.5, 0.6) is 0 Å². The minimum atomic E-state index is -0.157. The molecule has 3 rings (SSSR count). The van der Waals surface area contributed by atoms with E-state index in [0.29, 0.717) is 30.9 Å². The van der Waals surface area contributed by atoms with Crippen LogP contribution in [0.2, 0.25) is 0 Å². The number of likely N-dealkylation sites (N-methyl/N-ethyl adjacent to an activating group) is 1. The standard InChI is InChI=1S/C29H38N2O2/c1-3-5-6-7-8-9-10-17-22-31-28(32)26(25-20-15-12-16-21-25)27(29(31)33)30(4-2)23-24-18-13-11-14-19-24/h11-16,18-21H,3-10,17,22-23H2,1-2H3. The third-order valence-corrected chi connectivity index (χ3v) is 6.36. The number of nitrogens with zero attached hydrogens (tertiary/aromatic N) is 2. The van der Waals surface area contributed by atoms with Crippen molar-refractivity contribution in [1.29, 1.82) is 0 Å². The molecule has 0 atom stereocenters. The lowest BCUT2D eigenvalue weighted by Crippen LogP contribution is -2.35. The van der Waals surface area contributed by atoms with Crippen molar-refractivity contribution in [2.45, 2.75) is 71.8 Å². The lowest BCUT2D eigenvalue weighted by Gasteiger charge is -2.25. The van der Waals surface area contributed by atoms with Gasteiger partial charge in [-0.2, -0.15) is 0 Å². The lowest BCUT2D eigenvalue weighted by atomic mass is 10.0. The molecule has 0 N–H and O–H groups in total. The third-order valence-electron chi connectivity index (χ3n) is 6.36. The van der Waals surface area contributed by atoms with Crippen molar-refractivity contribution >= 4 is 17.4 Å². The van der Waals surface area contributed by atoms with Crippen molar-refractivity contribution in [3.63, 3.8) is 0 Å². The van der Waals surface area contributed by atoms with Crippen LogP contribution in [0.1, 0.15) is 76.3 Å². The molecular weight excluding hydrogens is 408 g/mol. The zero-order valence-electron chi connectivity index (χ0n) is 20.3. The maximum atomic E-state index is 13.5. The van der Waals surface area contributed by atoms with Gasteiger partial charge in [0.2, 0.25) is 0 Å². The van der Waals surface area contributed by atoms with Crippen LogP contribution in [0.25, 0.3) is 5.57 Å². The molecule has 0 saturated heterocycles. The first kappa shape index (κ1) is 24.8. The second kappa shape index (κ2) is 13.0. The molecule has 0 unspecified atom stereocenters. The van der Waals surface area contributed by atoms with Crippen LogP contribution in [0.15, 0.2) is 66.4 Å². The zero-order valence-corrected chi connectivity index (χ0v) is 20.3. The Morgan fingerprint density at radius 1 is 0.697 bits per heavy atom. The van der Waals surface area contributed by atoms with Gasteiger partial charge in [0.25, 0.3) is 11.8 Å². The molecule has 1 heterocycles. The first-order valence-corrected chi connectivity index (χ1v) is 12.6. The van der Waals surface area contributed by atoms with Gasteiger partial charge in [-0.05, 0) is 24.5 Å². The minimum Gasteiger partial charge on any atom is -0.362 e. The Morgan fingerprint density at radius 2 is 1.27 bits per heavy atom. The number of unbranched alkanes of at least 4 members (excludes halogenated alkanes) is 7. The highest BCUT2D eigenvalue weighted by atomic mass is 16.2. The maximum Gasteiger partial charge on any atom is 0.277 e. The van der Waals surface area contributed by atoms with E-state index >= 15 is 0 Å². The Kier molecular flexibility index (Phi) is 9.74. The Balaban J connectivity index is 1.73. The van der Waals surface area contributed by atoms with Crippen LogP contribution in [0, 0.1) is 0 Å². The number of imide groups is 1. The van der Waals surface area contributed by atoms with Crippen LogP contribution in [0.3, 0.4) is 0 Å². The molecule has 33 heavy (non-hydrogen) atoms. The smallest absolute Gasteiger partial charge is 0.277 e. The molecular formula is C29H38N2O2. The van der Waals surface area contributed by atoms with E-state index in [4.69, 9.17) is 0 Å². The van der Waals surface area contributed by atoms with Gasteiger partial charge >= 0.3 is 0 Å². The lowest BCUT2D eigenvalue weighted by molar-refractivity contribution is -0.137. The van der Waals surface area contributed by atoms with Crippen molar-refractivity contribution in [3.8, 4) is 0 Å². The van der Waals surface area contributed by atoms with Gasteiger partial charge in [-0.15, -0.1) is 0 Å². The van der Waals surface area contributed by atoms with Gasteiger partial charge in [-0.1, -0.05) is 113 Å². The molecule has 0 radical (unpaired) electrons. The van der Waals surface area contributed by atoms with E-state index in [0.717, 1.165) is 24.0 Å². The molecule has 0 aromatic heterocycles. The van der Waals surface area contributed by atoms with E-state index in [9.17, 15) is 9.59 Å². The molecule has 0 saturated carbocycles. The van der Waals surface area contributed by atoms with Gasteiger partial charge in [0, 0.05) is 19.6 Å². The average molecular weight is 447 g/mol. The number of hydrogen-bond acceptors (Lipinski definition) is 3. The fourth-order valence-electron chi connectivity index (χ4n) is 4.48. The summed E-state index contributed by atoms with van der Waals surface area (Å²) in [7, 11) is 0. The summed E-state index contributed by atoms with van der Waals surface area (Å²) in [5.74, 6) is -0.310. The van der Waals surface area contributed by atoms with Crippen molar-refractivity contribution < 1.29 is 9.59 Å². The Labute approximate surface area is 199 Å². The quantitative estimate of drug-likeness (QED) is 0.248. The number of rotatable bonds is 14. The molecule has 0 aliphatic carbocycles. The summed E-state index contributed by atoms with van der Waals surface area (Å²) < 4.78 is 0. The normalized spacial score (nSPS) is 13.8. The van der Waals surface area contributed by atoms with E-state index in [1.54, 1.807) is 0 Å².